The molecule has 0 aromatic carbocycles. The summed E-state index contributed by atoms with van der Waals surface area (Å²) in [6.07, 6.45) is 7.90. The molecule has 0 bridgehead atoms. The topological polar surface area (TPSA) is 91.0 Å². The van der Waals surface area contributed by atoms with E-state index in [2.05, 4.69) is 15.5 Å². The molecule has 32 heavy (non-hydrogen) atoms. The van der Waals surface area contributed by atoms with E-state index in [0.29, 0.717) is 31.2 Å². The van der Waals surface area contributed by atoms with Crippen LogP contribution in [0.15, 0.2) is 30.7 Å². The molecule has 0 saturated carbocycles. The maximum Gasteiger partial charge on any atom is 0.242 e. The second kappa shape index (κ2) is 8.34. The summed E-state index contributed by atoms with van der Waals surface area (Å²) in [6, 6.07) is 4.05. The number of aromatic nitrogens is 6. The number of nitrogens with zero attached hydrogens (tertiary/aromatic N) is 7. The van der Waals surface area contributed by atoms with Gasteiger partial charge in [0.15, 0.2) is 0 Å². The predicted molar refractivity (Wildman–Crippen MR) is 121 cm³/mol. The van der Waals surface area contributed by atoms with Crippen molar-refractivity contribution in [2.75, 3.05) is 13.1 Å². The van der Waals surface area contributed by atoms with Gasteiger partial charge in [0, 0.05) is 63.6 Å². The Bertz CT molecular complexity index is 1270. The number of hydrogen-bond donors (Lipinski definition) is 0. The van der Waals surface area contributed by atoms with Crippen LogP contribution in [0.2, 0.25) is 0 Å². The van der Waals surface area contributed by atoms with Crippen LogP contribution < -0.4 is 4.74 Å². The van der Waals surface area contributed by atoms with Gasteiger partial charge in [-0.3, -0.25) is 9.48 Å². The van der Waals surface area contributed by atoms with E-state index in [9.17, 15) is 4.79 Å². The summed E-state index contributed by atoms with van der Waals surface area (Å²) in [4.78, 5) is 24.3. The Morgan fingerprint density at radius 3 is 2.75 bits per heavy atom. The Morgan fingerprint density at radius 1 is 1.28 bits per heavy atom. The van der Waals surface area contributed by atoms with E-state index in [-0.39, 0.29) is 12.0 Å². The first-order valence-corrected chi connectivity index (χ1v) is 11.4. The predicted octanol–water partition coefficient (Wildman–Crippen LogP) is 2.90. The molecule has 0 N–H and O–H groups in total. The molecule has 1 amide bonds. The van der Waals surface area contributed by atoms with Gasteiger partial charge in [-0.15, -0.1) is 0 Å². The molecule has 4 aromatic heterocycles. The molecular weight excluding hydrogens is 426 g/mol. The molecule has 10 heteroatoms. The van der Waals surface area contributed by atoms with Gasteiger partial charge in [-0.25, -0.2) is 4.98 Å². The molecule has 1 saturated heterocycles. The molecule has 0 radical (unpaired) electrons. The number of likely N-dealkylation sites (tertiary alicyclic amines) is 1. The number of amides is 1. The van der Waals surface area contributed by atoms with Crippen LogP contribution in [-0.4, -0.2) is 58.7 Å². The molecular formula is C22H25N7O2S. The highest BCUT2D eigenvalue weighted by Gasteiger charge is 2.25. The number of rotatable bonds is 5. The third kappa shape index (κ3) is 4.10. The van der Waals surface area contributed by atoms with Crippen molar-refractivity contribution in [1.82, 2.24) is 33.6 Å². The Morgan fingerprint density at radius 2 is 2.09 bits per heavy atom. The van der Waals surface area contributed by atoms with E-state index in [1.165, 1.54) is 11.5 Å². The van der Waals surface area contributed by atoms with E-state index < -0.39 is 0 Å². The number of aryl methyl sites for hydroxylation is 2. The molecule has 166 valence electrons. The zero-order chi connectivity index (χ0) is 22.2. The van der Waals surface area contributed by atoms with Crippen molar-refractivity contribution >= 4 is 28.5 Å². The fourth-order valence-electron chi connectivity index (χ4n) is 4.07. The molecule has 0 aliphatic carbocycles. The molecule has 1 aliphatic heterocycles. The fraction of sp³-hybridized carbons (Fsp3) is 0.409. The fourth-order valence-corrected chi connectivity index (χ4v) is 4.80. The highest BCUT2D eigenvalue weighted by atomic mass is 32.1. The average Bonchev–Trinajstić information content (AvgIpc) is 3.48. The normalized spacial score (nSPS) is 14.9. The molecule has 1 aliphatic rings. The minimum atomic E-state index is -0.000512. The average molecular weight is 452 g/mol. The van der Waals surface area contributed by atoms with E-state index in [0.717, 1.165) is 40.1 Å². The van der Waals surface area contributed by atoms with Gasteiger partial charge in [-0.05, 0) is 30.6 Å². The summed E-state index contributed by atoms with van der Waals surface area (Å²) in [5.41, 5.74) is 3.59. The lowest BCUT2D eigenvalue weighted by Gasteiger charge is -2.31. The maximum atomic E-state index is 11.7. The standard InChI is InChI=1S/C22H25N7O2S/c1-14-10-18(32-26-14)11-20-24-19-6-9-29(16-12-23-27(3)13-16)21(19)22(25-20)31-17-4-7-28(8-5-17)15(2)30/h6,9-10,12-13,17H,4-5,7-8,11H2,1-3H3. The summed E-state index contributed by atoms with van der Waals surface area (Å²) >= 11 is 1.47. The van der Waals surface area contributed by atoms with Crippen molar-refractivity contribution in [3.8, 4) is 11.6 Å². The first kappa shape index (κ1) is 20.6. The van der Waals surface area contributed by atoms with Gasteiger partial charge in [0.05, 0.1) is 23.1 Å². The second-order valence-electron chi connectivity index (χ2n) is 8.17. The number of fused-ring (bicyclic) bond motifs is 1. The van der Waals surface area contributed by atoms with Crippen molar-refractivity contribution in [3.05, 3.63) is 47.1 Å². The smallest absolute Gasteiger partial charge is 0.242 e. The Balaban J connectivity index is 1.51. The van der Waals surface area contributed by atoms with E-state index in [1.54, 1.807) is 11.6 Å². The number of carbonyl (C=O) groups is 1. The Kier molecular flexibility index (Phi) is 5.38. The van der Waals surface area contributed by atoms with Crippen LogP contribution in [0.1, 0.15) is 36.2 Å². The van der Waals surface area contributed by atoms with Crippen molar-refractivity contribution in [3.63, 3.8) is 0 Å². The zero-order valence-electron chi connectivity index (χ0n) is 18.4. The van der Waals surface area contributed by atoms with Gasteiger partial charge in [0.2, 0.25) is 11.8 Å². The highest BCUT2D eigenvalue weighted by Crippen LogP contribution is 2.30. The van der Waals surface area contributed by atoms with Crippen molar-refractivity contribution in [2.45, 2.75) is 39.2 Å². The second-order valence-corrected chi connectivity index (χ2v) is 9.06. The minimum Gasteiger partial charge on any atom is -0.473 e. The van der Waals surface area contributed by atoms with Crippen LogP contribution in [0.4, 0.5) is 0 Å². The number of piperidine rings is 1. The van der Waals surface area contributed by atoms with Gasteiger partial charge in [0.25, 0.3) is 0 Å². The van der Waals surface area contributed by atoms with Gasteiger partial charge in [-0.1, -0.05) is 0 Å². The molecule has 0 spiro atoms. The number of ether oxygens (including phenoxy) is 1. The van der Waals surface area contributed by atoms with Crippen LogP contribution in [-0.2, 0) is 18.3 Å². The van der Waals surface area contributed by atoms with Gasteiger partial charge in [-0.2, -0.15) is 14.5 Å². The van der Waals surface area contributed by atoms with E-state index in [4.69, 9.17) is 14.7 Å². The molecule has 0 atom stereocenters. The lowest BCUT2D eigenvalue weighted by molar-refractivity contribution is -0.130. The summed E-state index contributed by atoms with van der Waals surface area (Å²) in [7, 11) is 1.89. The third-order valence-corrected chi connectivity index (χ3v) is 6.57. The lowest BCUT2D eigenvalue weighted by Crippen LogP contribution is -2.40. The first-order valence-electron chi connectivity index (χ1n) is 10.7. The van der Waals surface area contributed by atoms with Crippen LogP contribution in [0.3, 0.4) is 0 Å². The largest absolute Gasteiger partial charge is 0.473 e. The van der Waals surface area contributed by atoms with E-state index in [1.807, 2.05) is 48.1 Å². The van der Waals surface area contributed by atoms with E-state index >= 15 is 0 Å². The van der Waals surface area contributed by atoms with Crippen molar-refractivity contribution < 1.29 is 9.53 Å². The molecule has 9 nitrogen and oxygen atoms in total. The lowest BCUT2D eigenvalue weighted by atomic mass is 10.1. The zero-order valence-corrected chi connectivity index (χ0v) is 19.2. The highest BCUT2D eigenvalue weighted by molar-refractivity contribution is 7.05. The minimum absolute atomic E-state index is 0.000512. The summed E-state index contributed by atoms with van der Waals surface area (Å²) < 4.78 is 14.6. The Labute approximate surface area is 189 Å². The van der Waals surface area contributed by atoms with Crippen molar-refractivity contribution in [1.29, 1.82) is 0 Å². The third-order valence-electron chi connectivity index (χ3n) is 5.69. The molecule has 4 aromatic rings. The summed E-state index contributed by atoms with van der Waals surface area (Å²) in [5, 5.41) is 4.30. The monoisotopic (exact) mass is 451 g/mol. The number of carbonyl (C=O) groups excluding carboxylic acids is 1. The molecule has 0 unspecified atom stereocenters. The van der Waals surface area contributed by atoms with Gasteiger partial charge < -0.3 is 14.2 Å². The van der Waals surface area contributed by atoms with Gasteiger partial charge >= 0.3 is 0 Å². The molecule has 1 fully saturated rings. The van der Waals surface area contributed by atoms with Crippen molar-refractivity contribution in [2.24, 2.45) is 7.05 Å². The van der Waals surface area contributed by atoms with Gasteiger partial charge in [0.1, 0.15) is 17.4 Å². The van der Waals surface area contributed by atoms with Crippen LogP contribution in [0.5, 0.6) is 5.88 Å². The first-order chi connectivity index (χ1) is 15.5. The molecule has 5 heterocycles. The molecule has 5 rings (SSSR count). The number of hydrogen-bond acceptors (Lipinski definition) is 7. The quantitative estimate of drug-likeness (QED) is 0.463. The summed E-state index contributed by atoms with van der Waals surface area (Å²) in [5.74, 6) is 1.39. The maximum absolute atomic E-state index is 11.7. The van der Waals surface area contributed by atoms with Crippen LogP contribution >= 0.6 is 11.5 Å². The van der Waals surface area contributed by atoms with Crippen LogP contribution in [0, 0.1) is 6.92 Å². The SMILES string of the molecule is CC(=O)N1CCC(Oc2nc(Cc3cc(C)ns3)nc3ccn(-c4cnn(C)c4)c23)CC1. The summed E-state index contributed by atoms with van der Waals surface area (Å²) in [6.45, 7) is 5.00. The Hall–Kier alpha value is -3.27. The van der Waals surface area contributed by atoms with Crippen LogP contribution in [0.25, 0.3) is 16.7 Å².